The van der Waals surface area contributed by atoms with Crippen molar-refractivity contribution in [3.63, 3.8) is 0 Å². The molecule has 9 atom stereocenters. The summed E-state index contributed by atoms with van der Waals surface area (Å²) in [4.78, 5) is 115. The molecule has 3 aromatic rings. The largest absolute Gasteiger partial charge is 0.495 e. The highest BCUT2D eigenvalue weighted by Crippen LogP contribution is 2.51. The van der Waals surface area contributed by atoms with E-state index in [9.17, 15) is 43.5 Å². The Morgan fingerprint density at radius 3 is 2.35 bits per heavy atom. The molecule has 3 fully saturated rings. The number of benzene rings is 3. The fourth-order valence-electron chi connectivity index (χ4n) is 11.0. The van der Waals surface area contributed by atoms with Gasteiger partial charge in [-0.3, -0.25) is 34.1 Å². The molecule has 3 aromatic carbocycles. The number of esters is 1. The number of amides is 7. The summed E-state index contributed by atoms with van der Waals surface area (Å²) >= 11 is 6.80. The fraction of sp³-hybridized carbons (Fsp3) is 0.492. The first-order chi connectivity index (χ1) is 40.5. The van der Waals surface area contributed by atoms with Gasteiger partial charge in [-0.25, -0.2) is 14.4 Å². The van der Waals surface area contributed by atoms with Crippen molar-refractivity contribution in [2.45, 2.75) is 94.7 Å². The number of likely N-dealkylation sites (N-methyl/N-ethyl adjacent to an activating group) is 1. The summed E-state index contributed by atoms with van der Waals surface area (Å²) in [5.41, 5.74) is 5.99. The Bertz CT molecular complexity index is 3100. The number of anilines is 2. The van der Waals surface area contributed by atoms with Crippen LogP contribution in [-0.4, -0.2) is 187 Å². The van der Waals surface area contributed by atoms with Gasteiger partial charge in [-0.05, 0) is 67.6 Å². The average Bonchev–Trinajstić information content (AvgIpc) is 2.25. The SMILES string of the molecule is COc1cc2cc(c1Cl)N(C)C(=O)CC(OC(=O)C(C)N(C)C(=O)CNC(=O)CNC(=O)CNC(=O)CONC(=O)OCC1c3ccccc3-c3c1cccc3N1CCOCC1)C1(C)OC1C(C)C1CC(O)(NC(=O)O1)C(OC)/C=C/C=C(\C)C2. The molecule has 25 nitrogen and oxygen atoms in total. The molecule has 0 radical (unpaired) electrons. The van der Waals surface area contributed by atoms with Crippen molar-refractivity contribution in [2.75, 3.05) is 97.3 Å². The number of carbonyl (C=O) groups excluding carboxylic acids is 8. The fourth-order valence-corrected chi connectivity index (χ4v) is 11.3. The van der Waals surface area contributed by atoms with E-state index in [1.807, 2.05) is 49.4 Å². The van der Waals surface area contributed by atoms with E-state index in [2.05, 4.69) is 37.7 Å². The van der Waals surface area contributed by atoms with Gasteiger partial charge in [0.25, 0.3) is 0 Å². The van der Waals surface area contributed by atoms with E-state index in [1.54, 1.807) is 38.1 Å². The molecule has 85 heavy (non-hydrogen) atoms. The number of hydrogen-bond donors (Lipinski definition) is 6. The first kappa shape index (κ1) is 63.2. The molecular weight excluding hydrogens is 1130 g/mol. The number of allylic oxidation sites excluding steroid dienone is 3. The lowest BCUT2D eigenvalue weighted by molar-refractivity contribution is -0.161. The number of methoxy groups -OCH3 is 2. The Kier molecular flexibility index (Phi) is 20.4. The maximum atomic E-state index is 14.4. The van der Waals surface area contributed by atoms with Gasteiger partial charge in [0.1, 0.15) is 47.3 Å². The summed E-state index contributed by atoms with van der Waals surface area (Å²) in [6.45, 7) is 7.01. The highest BCUT2D eigenvalue weighted by molar-refractivity contribution is 6.35. The van der Waals surface area contributed by atoms with E-state index in [-0.39, 0.29) is 24.0 Å². The maximum absolute atomic E-state index is 14.4. The average molecular weight is 1200 g/mol. The molecule has 3 saturated heterocycles. The number of rotatable bonds is 17. The number of carbonyl (C=O) groups is 8. The van der Waals surface area contributed by atoms with Gasteiger partial charge in [0.15, 0.2) is 12.3 Å². The Morgan fingerprint density at radius 1 is 0.941 bits per heavy atom. The number of nitrogens with zero attached hydrogens (tertiary/aromatic N) is 3. The van der Waals surface area contributed by atoms with Crippen molar-refractivity contribution >= 4 is 70.7 Å². The predicted octanol–water partition coefficient (Wildman–Crippen LogP) is 3.17. The number of ether oxygens (including phenoxy) is 7. The van der Waals surface area contributed by atoms with Crippen LogP contribution in [0.3, 0.4) is 0 Å². The molecule has 5 aliphatic rings. The van der Waals surface area contributed by atoms with Crippen molar-refractivity contribution < 1.29 is 81.5 Å². The molecule has 0 aromatic heterocycles. The first-order valence-corrected chi connectivity index (χ1v) is 28.2. The molecule has 6 N–H and O–H groups in total. The van der Waals surface area contributed by atoms with Gasteiger partial charge >= 0.3 is 18.2 Å². The Balaban J connectivity index is 0.804. The summed E-state index contributed by atoms with van der Waals surface area (Å²) < 4.78 is 40.4. The molecule has 1 aliphatic carbocycles. The topological polar surface area (TPSA) is 304 Å². The molecule has 4 aliphatic heterocycles. The molecule has 0 spiro atoms. The molecule has 9 unspecified atom stereocenters. The van der Waals surface area contributed by atoms with Crippen molar-refractivity contribution in [2.24, 2.45) is 5.92 Å². The van der Waals surface area contributed by atoms with Crippen molar-refractivity contribution in [3.8, 4) is 16.9 Å². The lowest BCUT2D eigenvalue weighted by Crippen LogP contribution is -2.63. The van der Waals surface area contributed by atoms with Crippen LogP contribution in [0.4, 0.5) is 21.0 Å². The van der Waals surface area contributed by atoms with Gasteiger partial charge in [-0.2, -0.15) is 5.48 Å². The van der Waals surface area contributed by atoms with Gasteiger partial charge in [-0.15, -0.1) is 0 Å². The van der Waals surface area contributed by atoms with Crippen LogP contribution in [0.5, 0.6) is 5.75 Å². The second-order valence-corrected chi connectivity index (χ2v) is 22.1. The van der Waals surface area contributed by atoms with Gasteiger partial charge in [0.05, 0.1) is 58.2 Å². The minimum atomic E-state index is -1.91. The zero-order valence-electron chi connectivity index (χ0n) is 48.7. The minimum Gasteiger partial charge on any atom is -0.495 e. The maximum Gasteiger partial charge on any atom is 0.431 e. The monoisotopic (exact) mass is 1200 g/mol. The number of halogens is 1. The van der Waals surface area contributed by atoms with Crippen LogP contribution in [0.2, 0.25) is 5.02 Å². The number of epoxide rings is 1. The van der Waals surface area contributed by atoms with E-state index in [0.717, 1.165) is 57.1 Å². The summed E-state index contributed by atoms with van der Waals surface area (Å²) in [6.07, 6.45) is -0.937. The van der Waals surface area contributed by atoms with Crippen LogP contribution in [0, 0.1) is 5.92 Å². The van der Waals surface area contributed by atoms with Gasteiger partial charge < -0.3 is 68.9 Å². The van der Waals surface area contributed by atoms with Crippen LogP contribution in [-0.2, 0) is 68.4 Å². The van der Waals surface area contributed by atoms with Crippen molar-refractivity contribution in [1.29, 1.82) is 0 Å². The van der Waals surface area contributed by atoms with Crippen LogP contribution >= 0.6 is 11.6 Å². The molecule has 26 heteroatoms. The Hall–Kier alpha value is -7.81. The number of alkyl carbamates (subject to hydrolysis) is 1. The minimum absolute atomic E-state index is 0.000456. The van der Waals surface area contributed by atoms with E-state index in [4.69, 9.17) is 49.6 Å². The van der Waals surface area contributed by atoms with E-state index < -0.39 is 128 Å². The van der Waals surface area contributed by atoms with E-state index >= 15 is 0 Å². The molecule has 4 heterocycles. The highest BCUT2D eigenvalue weighted by atomic mass is 35.5. The van der Waals surface area contributed by atoms with Crippen LogP contribution < -0.4 is 41.3 Å². The Labute approximate surface area is 496 Å². The second kappa shape index (κ2) is 27.5. The van der Waals surface area contributed by atoms with E-state index in [0.29, 0.717) is 31.1 Å². The lowest BCUT2D eigenvalue weighted by atomic mass is 9.83. The van der Waals surface area contributed by atoms with Gasteiger partial charge in [-0.1, -0.05) is 78.7 Å². The van der Waals surface area contributed by atoms with Crippen molar-refractivity contribution in [3.05, 3.63) is 100 Å². The summed E-state index contributed by atoms with van der Waals surface area (Å²) in [5, 5.41) is 21.5. The second-order valence-electron chi connectivity index (χ2n) is 21.7. The number of hydroxylamine groups is 1. The third-order valence-corrected chi connectivity index (χ3v) is 16.4. The quantitative estimate of drug-likeness (QED) is 0.0489. The van der Waals surface area contributed by atoms with Crippen molar-refractivity contribution in [1.82, 2.24) is 31.6 Å². The molecular formula is C59H73ClN8O17. The zero-order valence-corrected chi connectivity index (χ0v) is 49.4. The summed E-state index contributed by atoms with van der Waals surface area (Å²) in [5.74, 6) is -5.09. The van der Waals surface area contributed by atoms with Gasteiger partial charge in [0.2, 0.25) is 29.5 Å². The normalized spacial score (nSPS) is 25.8. The van der Waals surface area contributed by atoms with Crippen LogP contribution in [0.1, 0.15) is 63.1 Å². The third kappa shape index (κ3) is 14.8. The summed E-state index contributed by atoms with van der Waals surface area (Å²) in [7, 11) is 5.66. The molecule has 7 amide bonds. The highest BCUT2D eigenvalue weighted by Gasteiger charge is 2.64. The number of aliphatic hydroxyl groups is 1. The van der Waals surface area contributed by atoms with Crippen LogP contribution in [0.25, 0.3) is 11.1 Å². The molecule has 458 valence electrons. The third-order valence-electron chi connectivity index (χ3n) is 16.0. The smallest absolute Gasteiger partial charge is 0.431 e. The lowest BCUT2D eigenvalue weighted by Gasteiger charge is -2.42. The predicted molar refractivity (Wildman–Crippen MR) is 307 cm³/mol. The molecule has 8 rings (SSSR count). The van der Waals surface area contributed by atoms with Gasteiger partial charge in [0, 0.05) is 63.8 Å². The summed E-state index contributed by atoms with van der Waals surface area (Å²) in [6, 6.07) is 16.2. The van der Waals surface area contributed by atoms with E-state index in [1.165, 1.54) is 40.1 Å². The Morgan fingerprint density at radius 2 is 1.64 bits per heavy atom. The first-order valence-electron chi connectivity index (χ1n) is 27.8. The standard InChI is InChI=1S/C59H73ClN8O17/c1-33-13-11-18-45(79-8)59(77)27-44(83-56(75)64-59)34(2)54-58(4,85-54)46(26-50(72)67(6)42-24-36(23-33)25-43(78-7)53(42)60)84-55(74)35(3)66(5)51(73)30-63-48(70)28-61-47(69)29-62-49(71)32-82-65-57(76)81-31-40-37-14-9-10-15-38(37)52-39(40)16-12-17-41(52)68-19-21-80-22-20-68/h9-18,24-25,34-35,40,44-46,54,77H,19-23,26-32H2,1-8H3,(H,61,69)(H,62,71)(H,63,70)(H,64,75)(H,65,76)/b18-11+,33-13+. The number of fused-ring (bicyclic) bond motifs is 8. The zero-order chi connectivity index (χ0) is 61.3. The molecule has 4 bridgehead atoms. The number of nitrogens with one attached hydrogen (secondary N) is 5. The number of hydrogen-bond acceptors (Lipinski definition) is 18. The number of morpholine rings is 1. The molecule has 0 saturated carbocycles. The van der Waals surface area contributed by atoms with Crippen LogP contribution in [0.15, 0.2) is 78.4 Å².